The van der Waals surface area contributed by atoms with Gasteiger partial charge in [-0.25, -0.2) is 0 Å². The summed E-state index contributed by atoms with van der Waals surface area (Å²) in [6, 6.07) is 0. The summed E-state index contributed by atoms with van der Waals surface area (Å²) >= 11 is 1.12. The molecule has 0 spiro atoms. The van der Waals surface area contributed by atoms with Crippen LogP contribution in [0.5, 0.6) is 0 Å². The van der Waals surface area contributed by atoms with E-state index in [1.807, 2.05) is 6.92 Å². The van der Waals surface area contributed by atoms with Crippen LogP contribution in [-0.2, 0) is 32.0 Å². The minimum atomic E-state index is -0.374. The molecule has 1 saturated heterocycles. The van der Waals surface area contributed by atoms with Crippen LogP contribution < -0.4 is 4.87 Å². The first kappa shape index (κ1) is 17.7. The van der Waals surface area contributed by atoms with Crippen molar-refractivity contribution < 1.29 is 19.1 Å². The maximum absolute atomic E-state index is 11.7. The standard InChI is InChI=1S/C15H22N2O5S/c1-3-22-14(19)10-4-6-17(7-5-10)9-12-11(8-13(18)21-2)16-15(20)23-12/h10H,3-9H2,1-2H3,(H,16,20). The van der Waals surface area contributed by atoms with Crippen molar-refractivity contribution in [3.8, 4) is 0 Å². The van der Waals surface area contributed by atoms with E-state index >= 15 is 0 Å². The molecule has 0 aliphatic carbocycles. The fourth-order valence-corrected chi connectivity index (χ4v) is 3.56. The second kappa shape index (κ2) is 8.26. The number of esters is 2. The number of piperidine rings is 1. The second-order valence-corrected chi connectivity index (χ2v) is 6.54. The number of carbonyl (C=O) groups is 2. The number of hydrogen-bond acceptors (Lipinski definition) is 7. The van der Waals surface area contributed by atoms with Gasteiger partial charge in [0.1, 0.15) is 0 Å². The normalized spacial score (nSPS) is 16.3. The highest BCUT2D eigenvalue weighted by molar-refractivity contribution is 7.09. The highest BCUT2D eigenvalue weighted by Crippen LogP contribution is 2.22. The van der Waals surface area contributed by atoms with Gasteiger partial charge >= 0.3 is 16.8 Å². The van der Waals surface area contributed by atoms with Crippen LogP contribution in [0.1, 0.15) is 30.3 Å². The molecule has 0 atom stereocenters. The molecule has 0 amide bonds. The molecule has 0 saturated carbocycles. The van der Waals surface area contributed by atoms with E-state index in [1.54, 1.807) is 0 Å². The Morgan fingerprint density at radius 2 is 2.04 bits per heavy atom. The predicted octanol–water partition coefficient (Wildman–Crippen LogP) is 0.927. The maximum atomic E-state index is 11.7. The van der Waals surface area contributed by atoms with E-state index in [2.05, 4.69) is 14.6 Å². The average molecular weight is 342 g/mol. The number of methoxy groups -OCH3 is 1. The lowest BCUT2D eigenvalue weighted by molar-refractivity contribution is -0.149. The zero-order valence-corrected chi connectivity index (χ0v) is 14.2. The van der Waals surface area contributed by atoms with E-state index in [9.17, 15) is 14.4 Å². The molecule has 1 aromatic heterocycles. The van der Waals surface area contributed by atoms with Crippen molar-refractivity contribution in [1.82, 2.24) is 9.88 Å². The number of H-pyrrole nitrogens is 1. The number of thiazole rings is 1. The summed E-state index contributed by atoms with van der Waals surface area (Å²) in [5.41, 5.74) is 0.624. The lowest BCUT2D eigenvalue weighted by Crippen LogP contribution is -2.36. The summed E-state index contributed by atoms with van der Waals surface area (Å²) in [6.07, 6.45) is 1.58. The molecule has 8 heteroatoms. The summed E-state index contributed by atoms with van der Waals surface area (Å²) < 4.78 is 9.71. The van der Waals surface area contributed by atoms with Gasteiger partial charge in [0.25, 0.3) is 0 Å². The minimum absolute atomic E-state index is 0.0364. The Morgan fingerprint density at radius 1 is 1.35 bits per heavy atom. The van der Waals surface area contributed by atoms with Crippen molar-refractivity contribution in [2.75, 3.05) is 26.8 Å². The predicted molar refractivity (Wildman–Crippen MR) is 85.3 cm³/mol. The Hall–Kier alpha value is -1.67. The van der Waals surface area contributed by atoms with Crippen LogP contribution in [0.2, 0.25) is 0 Å². The molecule has 7 nitrogen and oxygen atoms in total. The molecule has 0 unspecified atom stereocenters. The minimum Gasteiger partial charge on any atom is -0.469 e. The molecule has 1 N–H and O–H groups in total. The lowest BCUT2D eigenvalue weighted by Gasteiger charge is -2.30. The summed E-state index contributed by atoms with van der Waals surface area (Å²) in [5.74, 6) is -0.531. The SMILES string of the molecule is CCOC(=O)C1CCN(Cc2sc(=O)[nH]c2CC(=O)OC)CC1. The van der Waals surface area contributed by atoms with Crippen LogP contribution in [0.3, 0.4) is 0 Å². The average Bonchev–Trinajstić information content (AvgIpc) is 2.87. The molecule has 2 heterocycles. The highest BCUT2D eigenvalue weighted by atomic mass is 32.1. The first-order valence-electron chi connectivity index (χ1n) is 7.70. The van der Waals surface area contributed by atoms with E-state index < -0.39 is 0 Å². The van der Waals surface area contributed by atoms with Gasteiger partial charge < -0.3 is 14.5 Å². The van der Waals surface area contributed by atoms with Gasteiger partial charge in [-0.05, 0) is 32.9 Å². The Bertz CT molecular complexity index is 601. The van der Waals surface area contributed by atoms with Crippen molar-refractivity contribution in [3.05, 3.63) is 20.2 Å². The summed E-state index contributed by atoms with van der Waals surface area (Å²) in [6.45, 7) is 4.36. The van der Waals surface area contributed by atoms with Gasteiger partial charge in [0.2, 0.25) is 0 Å². The van der Waals surface area contributed by atoms with E-state index in [-0.39, 0.29) is 29.2 Å². The number of rotatable bonds is 6. The number of likely N-dealkylation sites (tertiary alicyclic amines) is 1. The fraction of sp³-hybridized carbons (Fsp3) is 0.667. The van der Waals surface area contributed by atoms with E-state index in [4.69, 9.17) is 4.74 Å². The Morgan fingerprint density at radius 3 is 2.65 bits per heavy atom. The quantitative estimate of drug-likeness (QED) is 0.774. The van der Waals surface area contributed by atoms with Crippen molar-refractivity contribution in [1.29, 1.82) is 0 Å². The molecule has 128 valence electrons. The van der Waals surface area contributed by atoms with Crippen molar-refractivity contribution in [2.24, 2.45) is 5.92 Å². The van der Waals surface area contributed by atoms with Gasteiger partial charge in [0, 0.05) is 17.1 Å². The van der Waals surface area contributed by atoms with Gasteiger partial charge in [0.05, 0.1) is 26.1 Å². The number of aromatic amines is 1. The van der Waals surface area contributed by atoms with Crippen LogP contribution >= 0.6 is 11.3 Å². The molecule has 1 aliphatic heterocycles. The number of carbonyl (C=O) groups excluding carboxylic acids is 2. The first-order valence-corrected chi connectivity index (χ1v) is 8.51. The third-order valence-corrected chi connectivity index (χ3v) is 4.84. The Labute approximate surface area is 138 Å². The van der Waals surface area contributed by atoms with Crippen LogP contribution in [0.15, 0.2) is 4.79 Å². The monoisotopic (exact) mass is 342 g/mol. The summed E-state index contributed by atoms with van der Waals surface area (Å²) in [7, 11) is 1.33. The third-order valence-electron chi connectivity index (χ3n) is 3.93. The fourth-order valence-electron chi connectivity index (χ4n) is 2.67. The van der Waals surface area contributed by atoms with Crippen LogP contribution in [0, 0.1) is 5.92 Å². The number of hydrogen-bond donors (Lipinski definition) is 1. The molecule has 0 bridgehead atoms. The Balaban J connectivity index is 1.92. The van der Waals surface area contributed by atoms with Gasteiger partial charge in [-0.3, -0.25) is 19.3 Å². The largest absolute Gasteiger partial charge is 0.469 e. The molecule has 0 radical (unpaired) electrons. The Kier molecular flexibility index (Phi) is 6.35. The lowest BCUT2D eigenvalue weighted by atomic mass is 9.97. The molecule has 1 aliphatic rings. The highest BCUT2D eigenvalue weighted by Gasteiger charge is 2.26. The molecule has 1 fully saturated rings. The van der Waals surface area contributed by atoms with Crippen LogP contribution in [0.25, 0.3) is 0 Å². The second-order valence-electron chi connectivity index (χ2n) is 5.47. The number of nitrogens with zero attached hydrogens (tertiary/aromatic N) is 1. The third kappa shape index (κ3) is 4.90. The summed E-state index contributed by atoms with van der Waals surface area (Å²) in [5, 5.41) is 0. The number of aromatic nitrogens is 1. The first-order chi connectivity index (χ1) is 11.0. The number of nitrogens with one attached hydrogen (secondary N) is 1. The molecular formula is C15H22N2O5S. The number of ether oxygens (including phenoxy) is 2. The van der Waals surface area contributed by atoms with Crippen molar-refractivity contribution in [2.45, 2.75) is 32.7 Å². The molecule has 2 rings (SSSR count). The van der Waals surface area contributed by atoms with E-state index in [0.717, 1.165) is 42.1 Å². The van der Waals surface area contributed by atoms with Gasteiger partial charge in [-0.2, -0.15) is 0 Å². The maximum Gasteiger partial charge on any atom is 0.311 e. The van der Waals surface area contributed by atoms with Crippen LogP contribution in [-0.4, -0.2) is 48.6 Å². The van der Waals surface area contributed by atoms with Crippen LogP contribution in [0.4, 0.5) is 0 Å². The van der Waals surface area contributed by atoms with Crippen molar-refractivity contribution in [3.63, 3.8) is 0 Å². The van der Waals surface area contributed by atoms with Gasteiger partial charge in [-0.15, -0.1) is 0 Å². The molecule has 23 heavy (non-hydrogen) atoms. The zero-order chi connectivity index (χ0) is 16.8. The molecule has 0 aromatic carbocycles. The zero-order valence-electron chi connectivity index (χ0n) is 13.4. The van der Waals surface area contributed by atoms with E-state index in [0.29, 0.717) is 18.8 Å². The topological polar surface area (TPSA) is 88.7 Å². The van der Waals surface area contributed by atoms with Crippen molar-refractivity contribution >= 4 is 23.3 Å². The van der Waals surface area contributed by atoms with Gasteiger partial charge in [0.15, 0.2) is 0 Å². The molecule has 1 aromatic rings. The summed E-state index contributed by atoms with van der Waals surface area (Å²) in [4.78, 5) is 40.3. The van der Waals surface area contributed by atoms with Gasteiger partial charge in [-0.1, -0.05) is 11.3 Å². The molecular weight excluding hydrogens is 320 g/mol. The van der Waals surface area contributed by atoms with E-state index in [1.165, 1.54) is 7.11 Å². The smallest absolute Gasteiger partial charge is 0.311 e.